The molecule has 0 unspecified atom stereocenters. The molecule has 2 aliphatic heterocycles. The molecule has 0 bridgehead atoms. The molecule has 0 aliphatic carbocycles. The minimum atomic E-state index is -0.987. The molecule has 0 radical (unpaired) electrons. The van der Waals surface area contributed by atoms with Crippen molar-refractivity contribution in [1.29, 1.82) is 0 Å². The fraction of sp³-hybridized carbons (Fsp3) is 0.684. The Morgan fingerprint density at radius 1 is 1.14 bits per heavy atom. The molecule has 1 saturated heterocycles. The van der Waals surface area contributed by atoms with Crippen LogP contribution in [0.5, 0.6) is 0 Å². The van der Waals surface area contributed by atoms with Gasteiger partial charge in [-0.25, -0.2) is 4.79 Å². The van der Waals surface area contributed by atoms with E-state index in [0.717, 1.165) is 0 Å². The zero-order chi connectivity index (χ0) is 21.4. The smallest absolute Gasteiger partial charge is 0.357 e. The highest BCUT2D eigenvalue weighted by Crippen LogP contribution is 2.48. The average Bonchev–Trinajstić information content (AvgIpc) is 2.52. The minimum absolute atomic E-state index is 0.162. The summed E-state index contributed by atoms with van der Waals surface area (Å²) in [4.78, 5) is 49.9. The summed E-state index contributed by atoms with van der Waals surface area (Å²) < 4.78 is 15.4. The Labute approximate surface area is 168 Å². The van der Waals surface area contributed by atoms with Gasteiger partial charge in [0.15, 0.2) is 0 Å². The number of carbonyl (C=O) groups excluding carboxylic acids is 4. The van der Waals surface area contributed by atoms with Crippen molar-refractivity contribution in [2.45, 2.75) is 59.4 Å². The van der Waals surface area contributed by atoms with Crippen molar-refractivity contribution >= 4 is 35.6 Å². The van der Waals surface area contributed by atoms with Crippen molar-refractivity contribution in [3.05, 3.63) is 11.3 Å². The van der Waals surface area contributed by atoms with Gasteiger partial charge in [0.2, 0.25) is 12.7 Å². The standard InChI is InChI=1S/C19H27NO7S/c1-10-8-28-15-12(19(6,7)27-11(2)21)14(22)20(15)13(10)16(23)25-9-26-17(24)18(3,4)5/h12,15H,8-9H2,1-7H3/t12-,15-/m0/s1. The molecule has 156 valence electrons. The Morgan fingerprint density at radius 2 is 1.75 bits per heavy atom. The highest BCUT2D eigenvalue weighted by atomic mass is 32.2. The largest absolute Gasteiger partial charge is 0.459 e. The highest BCUT2D eigenvalue weighted by molar-refractivity contribution is 8.00. The second-order valence-corrected chi connectivity index (χ2v) is 9.55. The Hall–Kier alpha value is -2.03. The van der Waals surface area contributed by atoms with Crippen molar-refractivity contribution in [1.82, 2.24) is 4.90 Å². The van der Waals surface area contributed by atoms with Crippen molar-refractivity contribution < 1.29 is 33.4 Å². The molecule has 9 heteroatoms. The van der Waals surface area contributed by atoms with Gasteiger partial charge in [-0.3, -0.25) is 19.3 Å². The zero-order valence-electron chi connectivity index (χ0n) is 17.3. The molecule has 1 fully saturated rings. The van der Waals surface area contributed by atoms with Crippen LogP contribution < -0.4 is 0 Å². The lowest BCUT2D eigenvalue weighted by Crippen LogP contribution is -2.67. The molecule has 0 N–H and O–H groups in total. The number of ether oxygens (including phenoxy) is 3. The van der Waals surface area contributed by atoms with Crippen LogP contribution in [0.4, 0.5) is 0 Å². The first kappa shape index (κ1) is 22.3. The van der Waals surface area contributed by atoms with E-state index in [1.54, 1.807) is 41.5 Å². The highest BCUT2D eigenvalue weighted by Gasteiger charge is 2.60. The maximum atomic E-state index is 12.8. The van der Waals surface area contributed by atoms with Crippen LogP contribution in [0.15, 0.2) is 11.3 Å². The summed E-state index contributed by atoms with van der Waals surface area (Å²) >= 11 is 1.50. The van der Waals surface area contributed by atoms with E-state index < -0.39 is 41.6 Å². The molecule has 0 saturated carbocycles. The molecule has 0 aromatic carbocycles. The van der Waals surface area contributed by atoms with Gasteiger partial charge in [0.05, 0.1) is 10.8 Å². The number of nitrogens with zero attached hydrogens (tertiary/aromatic N) is 1. The van der Waals surface area contributed by atoms with E-state index in [1.807, 2.05) is 0 Å². The molecule has 1 amide bonds. The number of thioether (sulfide) groups is 1. The maximum absolute atomic E-state index is 12.8. The second kappa shape index (κ2) is 7.77. The molecule has 2 heterocycles. The van der Waals surface area contributed by atoms with Crippen molar-refractivity contribution in [2.24, 2.45) is 11.3 Å². The first-order valence-electron chi connectivity index (χ1n) is 8.95. The molecule has 0 aromatic rings. The summed E-state index contributed by atoms with van der Waals surface area (Å²) in [6.07, 6.45) is 0. The molecular weight excluding hydrogens is 386 g/mol. The van der Waals surface area contributed by atoms with Crippen LogP contribution in [0.25, 0.3) is 0 Å². The average molecular weight is 413 g/mol. The minimum Gasteiger partial charge on any atom is -0.459 e. The summed E-state index contributed by atoms with van der Waals surface area (Å²) in [5.41, 5.74) is -0.836. The zero-order valence-corrected chi connectivity index (χ0v) is 18.1. The molecular formula is C19H27NO7S. The number of fused-ring (bicyclic) bond motifs is 1. The molecule has 8 nitrogen and oxygen atoms in total. The van der Waals surface area contributed by atoms with Crippen LogP contribution in [-0.2, 0) is 33.4 Å². The van der Waals surface area contributed by atoms with Gasteiger partial charge in [-0.15, -0.1) is 11.8 Å². The van der Waals surface area contributed by atoms with E-state index in [0.29, 0.717) is 11.3 Å². The summed E-state index contributed by atoms with van der Waals surface area (Å²) in [7, 11) is 0. The third kappa shape index (κ3) is 4.34. The summed E-state index contributed by atoms with van der Waals surface area (Å²) in [6.45, 7) is 11.0. The van der Waals surface area contributed by atoms with Gasteiger partial charge in [0.25, 0.3) is 0 Å². The fourth-order valence-corrected chi connectivity index (χ4v) is 4.68. The van der Waals surface area contributed by atoms with Crippen LogP contribution >= 0.6 is 11.8 Å². The van der Waals surface area contributed by atoms with Crippen LogP contribution in [0.1, 0.15) is 48.5 Å². The first-order valence-corrected chi connectivity index (χ1v) is 10.0. The van der Waals surface area contributed by atoms with E-state index in [9.17, 15) is 19.2 Å². The van der Waals surface area contributed by atoms with E-state index >= 15 is 0 Å². The monoisotopic (exact) mass is 413 g/mol. The van der Waals surface area contributed by atoms with Crippen molar-refractivity contribution in [3.63, 3.8) is 0 Å². The number of amides is 1. The maximum Gasteiger partial charge on any atom is 0.357 e. The number of β-lactam (4-membered cyclic amide) rings is 1. The second-order valence-electron chi connectivity index (χ2n) is 8.44. The van der Waals surface area contributed by atoms with Gasteiger partial charge in [-0.2, -0.15) is 0 Å². The predicted octanol–water partition coefficient (Wildman–Crippen LogP) is 2.22. The van der Waals surface area contributed by atoms with Crippen LogP contribution in [0.2, 0.25) is 0 Å². The predicted molar refractivity (Wildman–Crippen MR) is 102 cm³/mol. The summed E-state index contributed by atoms with van der Waals surface area (Å²) in [5.74, 6) is -2.01. The summed E-state index contributed by atoms with van der Waals surface area (Å²) in [5, 5.41) is -0.328. The first-order chi connectivity index (χ1) is 12.8. The molecule has 2 atom stereocenters. The van der Waals surface area contributed by atoms with E-state index in [4.69, 9.17) is 14.2 Å². The third-order valence-corrected chi connectivity index (χ3v) is 5.92. The molecule has 0 spiro atoms. The normalized spacial score (nSPS) is 22.2. The summed E-state index contributed by atoms with van der Waals surface area (Å²) in [6, 6.07) is 0. The Balaban J connectivity index is 2.08. The Bertz CT molecular complexity index is 735. The van der Waals surface area contributed by atoms with Crippen molar-refractivity contribution in [3.8, 4) is 0 Å². The van der Waals surface area contributed by atoms with Crippen LogP contribution in [-0.4, -0.2) is 52.2 Å². The molecule has 0 aromatic heterocycles. The van der Waals surface area contributed by atoms with E-state index in [-0.39, 0.29) is 17.0 Å². The molecule has 28 heavy (non-hydrogen) atoms. The fourth-order valence-electron chi connectivity index (χ4n) is 3.13. The van der Waals surface area contributed by atoms with Crippen LogP contribution in [0.3, 0.4) is 0 Å². The van der Waals surface area contributed by atoms with E-state index in [2.05, 4.69) is 0 Å². The quantitative estimate of drug-likeness (QED) is 0.384. The number of rotatable bonds is 5. The Morgan fingerprint density at radius 3 is 2.29 bits per heavy atom. The van der Waals surface area contributed by atoms with E-state index in [1.165, 1.54) is 23.6 Å². The number of carbonyl (C=O) groups is 4. The number of hydrogen-bond donors (Lipinski definition) is 0. The van der Waals surface area contributed by atoms with Gasteiger partial charge in [-0.1, -0.05) is 0 Å². The number of hydrogen-bond acceptors (Lipinski definition) is 8. The lowest BCUT2D eigenvalue weighted by Gasteiger charge is -2.53. The Kier molecular flexibility index (Phi) is 6.18. The van der Waals surface area contributed by atoms with Crippen LogP contribution in [0, 0.1) is 11.3 Å². The van der Waals surface area contributed by atoms with Gasteiger partial charge < -0.3 is 14.2 Å². The topological polar surface area (TPSA) is 99.2 Å². The van der Waals surface area contributed by atoms with Gasteiger partial charge in [-0.05, 0) is 47.1 Å². The van der Waals surface area contributed by atoms with Gasteiger partial charge >= 0.3 is 17.9 Å². The SMILES string of the molecule is CC(=O)OC(C)(C)[C@H]1C(=O)N2C(C(=O)OCOC(=O)C(C)(C)C)=C(C)CS[C@@H]12. The lowest BCUT2D eigenvalue weighted by molar-refractivity contribution is -0.182. The lowest BCUT2D eigenvalue weighted by atomic mass is 9.81. The molecule has 2 aliphatic rings. The van der Waals surface area contributed by atoms with Crippen molar-refractivity contribution in [2.75, 3.05) is 12.5 Å². The third-order valence-electron chi connectivity index (χ3n) is 4.50. The van der Waals surface area contributed by atoms with Gasteiger partial charge in [0, 0.05) is 12.7 Å². The number of esters is 3. The molecule has 2 rings (SSSR count). The van der Waals surface area contributed by atoms with Gasteiger partial charge in [0.1, 0.15) is 17.2 Å².